The molecule has 0 rings (SSSR count). The molecule has 0 saturated carbocycles. The third-order valence-corrected chi connectivity index (χ3v) is 1.88. The summed E-state index contributed by atoms with van der Waals surface area (Å²) in [4.78, 5) is 22.7. The van der Waals surface area contributed by atoms with Crippen LogP contribution in [0.4, 0.5) is 0 Å². The molecule has 0 aliphatic rings. The van der Waals surface area contributed by atoms with E-state index in [1.165, 1.54) is 0 Å². The first-order chi connectivity index (χ1) is 8.10. The molecule has 0 fully saturated rings. The van der Waals surface area contributed by atoms with E-state index in [-0.39, 0.29) is 6.10 Å². The Kier molecular flexibility index (Phi) is 6.66. The third-order valence-electron chi connectivity index (χ3n) is 1.88. The second kappa shape index (κ2) is 7.19. The van der Waals surface area contributed by atoms with Crippen LogP contribution in [0.2, 0.25) is 0 Å². The van der Waals surface area contributed by atoms with Gasteiger partial charge in [0.25, 0.3) is 0 Å². The maximum atomic E-state index is 11.4. The van der Waals surface area contributed by atoms with Gasteiger partial charge in [-0.2, -0.15) is 0 Å². The molecule has 104 valence electrons. The van der Waals surface area contributed by atoms with Gasteiger partial charge >= 0.3 is 11.9 Å². The first-order valence-electron chi connectivity index (χ1n) is 6.22. The van der Waals surface area contributed by atoms with Gasteiger partial charge < -0.3 is 9.47 Å². The van der Waals surface area contributed by atoms with Crippen LogP contribution in [0.25, 0.3) is 0 Å². The molecule has 0 amide bonds. The van der Waals surface area contributed by atoms with E-state index >= 15 is 0 Å². The lowest BCUT2D eigenvalue weighted by molar-refractivity contribution is -0.149. The van der Waals surface area contributed by atoms with E-state index in [0.717, 1.165) is 18.6 Å². The zero-order valence-corrected chi connectivity index (χ0v) is 12.1. The van der Waals surface area contributed by atoms with Crippen molar-refractivity contribution in [2.45, 2.75) is 59.7 Å². The van der Waals surface area contributed by atoms with Gasteiger partial charge in [-0.25, -0.2) is 9.59 Å². The van der Waals surface area contributed by atoms with E-state index in [0.29, 0.717) is 5.92 Å². The summed E-state index contributed by atoms with van der Waals surface area (Å²) in [6.45, 7) is 11.2. The van der Waals surface area contributed by atoms with Crippen LogP contribution in [0.15, 0.2) is 12.2 Å². The SMILES string of the molecule is CC(C)CC(C)OC(=O)C=CC(=O)OC(C)(C)C. The highest BCUT2D eigenvalue weighted by Crippen LogP contribution is 2.09. The molecule has 0 radical (unpaired) electrons. The molecule has 0 aromatic rings. The van der Waals surface area contributed by atoms with Gasteiger partial charge in [-0.3, -0.25) is 0 Å². The molecule has 0 aliphatic carbocycles. The fourth-order valence-electron chi connectivity index (χ4n) is 1.42. The fraction of sp³-hybridized carbons (Fsp3) is 0.714. The molecule has 1 unspecified atom stereocenters. The average Bonchev–Trinajstić information content (AvgIpc) is 2.10. The van der Waals surface area contributed by atoms with Crippen molar-refractivity contribution >= 4 is 11.9 Å². The predicted octanol–water partition coefficient (Wildman–Crippen LogP) is 2.86. The molecular weight excluding hydrogens is 232 g/mol. The maximum absolute atomic E-state index is 11.4. The quantitative estimate of drug-likeness (QED) is 0.560. The minimum atomic E-state index is -0.559. The van der Waals surface area contributed by atoms with E-state index in [4.69, 9.17) is 9.47 Å². The Labute approximate surface area is 109 Å². The van der Waals surface area contributed by atoms with Gasteiger partial charge in [-0.1, -0.05) is 13.8 Å². The molecule has 0 saturated heterocycles. The third kappa shape index (κ3) is 9.87. The monoisotopic (exact) mass is 256 g/mol. The predicted molar refractivity (Wildman–Crippen MR) is 70.0 cm³/mol. The van der Waals surface area contributed by atoms with Gasteiger partial charge in [0.2, 0.25) is 0 Å². The van der Waals surface area contributed by atoms with Crippen LogP contribution < -0.4 is 0 Å². The van der Waals surface area contributed by atoms with Crippen molar-refractivity contribution in [2.75, 3.05) is 0 Å². The highest BCUT2D eigenvalue weighted by atomic mass is 16.6. The topological polar surface area (TPSA) is 52.6 Å². The Bertz CT molecular complexity index is 310. The van der Waals surface area contributed by atoms with Crippen LogP contribution in [-0.2, 0) is 19.1 Å². The van der Waals surface area contributed by atoms with E-state index in [1.54, 1.807) is 20.8 Å². The summed E-state index contributed by atoms with van der Waals surface area (Å²) in [6, 6.07) is 0. The Morgan fingerprint density at radius 3 is 2.00 bits per heavy atom. The van der Waals surface area contributed by atoms with Crippen LogP contribution in [0.5, 0.6) is 0 Å². The van der Waals surface area contributed by atoms with Gasteiger partial charge in [0.05, 0.1) is 6.10 Å². The minimum Gasteiger partial charge on any atom is -0.460 e. The molecule has 0 aromatic carbocycles. The standard InChI is InChI=1S/C14H24O4/c1-10(2)9-11(3)17-12(15)7-8-13(16)18-14(4,5)6/h7-8,10-11H,9H2,1-6H3. The molecule has 1 atom stereocenters. The summed E-state index contributed by atoms with van der Waals surface area (Å²) in [5, 5.41) is 0. The molecule has 0 bridgehead atoms. The summed E-state index contributed by atoms with van der Waals surface area (Å²) in [5.41, 5.74) is -0.559. The number of carbonyl (C=O) groups is 2. The molecule has 4 nitrogen and oxygen atoms in total. The van der Waals surface area contributed by atoms with Crippen LogP contribution >= 0.6 is 0 Å². The second-order valence-corrected chi connectivity index (χ2v) is 5.74. The van der Waals surface area contributed by atoms with Crippen molar-refractivity contribution in [3.63, 3.8) is 0 Å². The van der Waals surface area contributed by atoms with Gasteiger partial charge in [-0.15, -0.1) is 0 Å². The number of carbonyl (C=O) groups excluding carboxylic acids is 2. The van der Waals surface area contributed by atoms with Crippen molar-refractivity contribution in [2.24, 2.45) is 5.92 Å². The molecule has 0 N–H and O–H groups in total. The zero-order valence-electron chi connectivity index (χ0n) is 12.1. The lowest BCUT2D eigenvalue weighted by Gasteiger charge is -2.18. The first kappa shape index (κ1) is 16.7. The van der Waals surface area contributed by atoms with Crippen LogP contribution in [0, 0.1) is 5.92 Å². The Morgan fingerprint density at radius 2 is 1.56 bits per heavy atom. The summed E-state index contributed by atoms with van der Waals surface area (Å²) < 4.78 is 10.1. The molecule has 4 heteroatoms. The summed E-state index contributed by atoms with van der Waals surface area (Å²) in [7, 11) is 0. The minimum absolute atomic E-state index is 0.152. The summed E-state index contributed by atoms with van der Waals surface area (Å²) in [6.07, 6.45) is 2.84. The highest BCUT2D eigenvalue weighted by molar-refractivity contribution is 5.91. The molecule has 0 heterocycles. The Hall–Kier alpha value is -1.32. The molecule has 0 aliphatic heterocycles. The first-order valence-corrected chi connectivity index (χ1v) is 6.22. The number of ether oxygens (including phenoxy) is 2. The average molecular weight is 256 g/mol. The Balaban J connectivity index is 4.12. The lowest BCUT2D eigenvalue weighted by Crippen LogP contribution is -2.23. The van der Waals surface area contributed by atoms with Crippen LogP contribution in [0.1, 0.15) is 48.0 Å². The molecule has 0 aromatic heterocycles. The van der Waals surface area contributed by atoms with Crippen LogP contribution in [-0.4, -0.2) is 23.6 Å². The number of hydrogen-bond donors (Lipinski definition) is 0. The van der Waals surface area contributed by atoms with Gasteiger partial charge in [0.1, 0.15) is 5.60 Å². The van der Waals surface area contributed by atoms with E-state index < -0.39 is 17.5 Å². The second-order valence-electron chi connectivity index (χ2n) is 5.74. The van der Waals surface area contributed by atoms with Crippen molar-refractivity contribution < 1.29 is 19.1 Å². The van der Waals surface area contributed by atoms with E-state index in [9.17, 15) is 9.59 Å². The fourth-order valence-corrected chi connectivity index (χ4v) is 1.42. The van der Waals surface area contributed by atoms with Crippen molar-refractivity contribution in [1.29, 1.82) is 0 Å². The number of esters is 2. The Morgan fingerprint density at radius 1 is 1.06 bits per heavy atom. The van der Waals surface area contributed by atoms with Crippen molar-refractivity contribution in [3.8, 4) is 0 Å². The van der Waals surface area contributed by atoms with Gasteiger partial charge in [0, 0.05) is 12.2 Å². The maximum Gasteiger partial charge on any atom is 0.331 e. The molecule has 18 heavy (non-hydrogen) atoms. The zero-order chi connectivity index (χ0) is 14.3. The largest absolute Gasteiger partial charge is 0.460 e. The van der Waals surface area contributed by atoms with E-state index in [2.05, 4.69) is 13.8 Å². The van der Waals surface area contributed by atoms with E-state index in [1.807, 2.05) is 6.92 Å². The number of rotatable bonds is 5. The lowest BCUT2D eigenvalue weighted by atomic mass is 10.1. The normalized spacial score (nSPS) is 13.7. The van der Waals surface area contributed by atoms with Gasteiger partial charge in [0.15, 0.2) is 0 Å². The van der Waals surface area contributed by atoms with Crippen molar-refractivity contribution in [3.05, 3.63) is 12.2 Å². The summed E-state index contributed by atoms with van der Waals surface area (Å²) in [5.74, 6) is -0.604. The van der Waals surface area contributed by atoms with Gasteiger partial charge in [-0.05, 0) is 40.0 Å². The highest BCUT2D eigenvalue weighted by Gasteiger charge is 2.14. The molecule has 0 spiro atoms. The number of hydrogen-bond acceptors (Lipinski definition) is 4. The van der Waals surface area contributed by atoms with Crippen LogP contribution in [0.3, 0.4) is 0 Å². The molecular formula is C14H24O4. The summed E-state index contributed by atoms with van der Waals surface area (Å²) >= 11 is 0. The van der Waals surface area contributed by atoms with Crippen molar-refractivity contribution in [1.82, 2.24) is 0 Å². The smallest absolute Gasteiger partial charge is 0.331 e.